The van der Waals surface area contributed by atoms with Crippen LogP contribution in [0.25, 0.3) is 11.4 Å². The van der Waals surface area contributed by atoms with Crippen molar-refractivity contribution in [1.82, 2.24) is 19.0 Å². The maximum atomic E-state index is 12.7. The van der Waals surface area contributed by atoms with Crippen LogP contribution in [0.1, 0.15) is 29.2 Å². The topological polar surface area (TPSA) is 108 Å². The molecule has 0 radical (unpaired) electrons. The zero-order valence-electron chi connectivity index (χ0n) is 16.1. The molecular formula is C19H19ClN4O5S. The average Bonchev–Trinajstić information content (AvgIpc) is 3.47. The van der Waals surface area contributed by atoms with Gasteiger partial charge in [-0.15, -0.1) is 0 Å². The normalized spacial score (nSPS) is 14.9. The van der Waals surface area contributed by atoms with Crippen LogP contribution in [-0.2, 0) is 28.4 Å². The van der Waals surface area contributed by atoms with Crippen LogP contribution in [-0.4, -0.2) is 46.5 Å². The lowest BCUT2D eigenvalue weighted by molar-refractivity contribution is 0.0418. The van der Waals surface area contributed by atoms with Crippen LogP contribution in [0.2, 0.25) is 5.02 Å². The van der Waals surface area contributed by atoms with E-state index in [1.54, 1.807) is 31.3 Å². The number of hydrogen-bond donors (Lipinski definition) is 0. The minimum absolute atomic E-state index is 0.0710. The van der Waals surface area contributed by atoms with Gasteiger partial charge in [-0.25, -0.2) is 13.2 Å². The molecule has 1 fully saturated rings. The number of aromatic nitrogens is 3. The number of ether oxygens (including phenoxy) is 1. The number of carbonyl (C=O) groups is 1. The first-order chi connectivity index (χ1) is 14.3. The Labute approximate surface area is 178 Å². The molecule has 4 rings (SSSR count). The van der Waals surface area contributed by atoms with Crippen molar-refractivity contribution >= 4 is 27.6 Å². The van der Waals surface area contributed by atoms with Crippen LogP contribution >= 0.6 is 11.6 Å². The standard InChI is InChI=1S/C19H19ClN4O5S/c1-23-11-15(30(26,27)24-8-2-3-9-24)10-16(23)19(25)28-12-17-21-18(22-29-17)13-4-6-14(20)7-5-13/h4-7,10-11H,2-3,8-9,12H2,1H3. The second kappa shape index (κ2) is 8.21. The van der Waals surface area contributed by atoms with Crippen molar-refractivity contribution in [2.45, 2.75) is 24.3 Å². The molecule has 2 aromatic heterocycles. The number of rotatable bonds is 6. The van der Waals surface area contributed by atoms with E-state index in [0.29, 0.717) is 29.5 Å². The van der Waals surface area contributed by atoms with E-state index in [9.17, 15) is 13.2 Å². The third kappa shape index (κ3) is 4.11. The molecule has 0 aliphatic carbocycles. The first kappa shape index (κ1) is 20.6. The summed E-state index contributed by atoms with van der Waals surface area (Å²) < 4.78 is 38.6. The summed E-state index contributed by atoms with van der Waals surface area (Å²) in [4.78, 5) is 16.7. The van der Waals surface area contributed by atoms with Crippen LogP contribution in [0, 0.1) is 0 Å². The van der Waals surface area contributed by atoms with Crippen molar-refractivity contribution in [2.24, 2.45) is 7.05 Å². The van der Waals surface area contributed by atoms with E-state index in [1.165, 1.54) is 21.1 Å². The van der Waals surface area contributed by atoms with E-state index in [1.807, 2.05) is 0 Å². The van der Waals surface area contributed by atoms with Gasteiger partial charge in [0.15, 0.2) is 6.61 Å². The van der Waals surface area contributed by atoms with Gasteiger partial charge < -0.3 is 13.8 Å². The number of sulfonamides is 1. The molecule has 3 aromatic rings. The summed E-state index contributed by atoms with van der Waals surface area (Å²) in [5, 5.41) is 4.44. The first-order valence-corrected chi connectivity index (χ1v) is 11.1. The Bertz CT molecular complexity index is 1160. The van der Waals surface area contributed by atoms with Crippen LogP contribution in [0.5, 0.6) is 0 Å². The highest BCUT2D eigenvalue weighted by Crippen LogP contribution is 2.23. The van der Waals surface area contributed by atoms with E-state index in [-0.39, 0.29) is 23.1 Å². The number of benzene rings is 1. The maximum absolute atomic E-state index is 12.7. The second-order valence-corrected chi connectivity index (χ2v) is 9.25. The van der Waals surface area contributed by atoms with Crippen molar-refractivity contribution in [3.8, 4) is 11.4 Å². The number of esters is 1. The molecule has 0 saturated carbocycles. The second-order valence-electron chi connectivity index (χ2n) is 6.88. The highest BCUT2D eigenvalue weighted by molar-refractivity contribution is 7.89. The van der Waals surface area contributed by atoms with E-state index in [0.717, 1.165) is 12.8 Å². The highest BCUT2D eigenvalue weighted by Gasteiger charge is 2.29. The summed E-state index contributed by atoms with van der Waals surface area (Å²) in [6.45, 7) is 0.743. The predicted molar refractivity (Wildman–Crippen MR) is 107 cm³/mol. The van der Waals surface area contributed by atoms with Crippen LogP contribution in [0.15, 0.2) is 45.9 Å². The molecule has 0 bridgehead atoms. The van der Waals surface area contributed by atoms with Crippen molar-refractivity contribution < 1.29 is 22.5 Å². The molecule has 0 amide bonds. The minimum atomic E-state index is -3.62. The van der Waals surface area contributed by atoms with Gasteiger partial charge in [0.1, 0.15) is 10.6 Å². The summed E-state index contributed by atoms with van der Waals surface area (Å²) in [6, 6.07) is 8.22. The fourth-order valence-corrected chi connectivity index (χ4v) is 4.90. The molecule has 11 heteroatoms. The van der Waals surface area contributed by atoms with E-state index < -0.39 is 16.0 Å². The maximum Gasteiger partial charge on any atom is 0.355 e. The molecule has 0 N–H and O–H groups in total. The van der Waals surface area contributed by atoms with E-state index >= 15 is 0 Å². The number of carbonyl (C=O) groups excluding carboxylic acids is 1. The van der Waals surface area contributed by atoms with Gasteiger partial charge in [0.2, 0.25) is 15.8 Å². The molecule has 9 nitrogen and oxygen atoms in total. The highest BCUT2D eigenvalue weighted by atomic mass is 35.5. The monoisotopic (exact) mass is 450 g/mol. The Balaban J connectivity index is 1.44. The molecule has 30 heavy (non-hydrogen) atoms. The predicted octanol–water partition coefficient (Wildman–Crippen LogP) is 2.87. The third-order valence-electron chi connectivity index (χ3n) is 4.79. The molecule has 1 aliphatic heterocycles. The lowest BCUT2D eigenvalue weighted by Gasteiger charge is -2.13. The van der Waals surface area contributed by atoms with Gasteiger partial charge in [0, 0.05) is 36.9 Å². The number of aryl methyl sites for hydroxylation is 1. The molecule has 0 spiro atoms. The largest absolute Gasteiger partial charge is 0.451 e. The van der Waals surface area contributed by atoms with Crippen LogP contribution in [0.3, 0.4) is 0 Å². The van der Waals surface area contributed by atoms with Crippen molar-refractivity contribution in [3.63, 3.8) is 0 Å². The number of halogens is 1. The molecule has 1 aliphatic rings. The Morgan fingerprint density at radius 3 is 2.63 bits per heavy atom. The summed E-state index contributed by atoms with van der Waals surface area (Å²) in [5.74, 6) is -0.227. The Kier molecular flexibility index (Phi) is 5.63. The van der Waals surface area contributed by atoms with E-state index in [4.69, 9.17) is 20.9 Å². The SMILES string of the molecule is Cn1cc(S(=O)(=O)N2CCCC2)cc1C(=O)OCc1nc(-c2ccc(Cl)cc2)no1. The van der Waals surface area contributed by atoms with Crippen molar-refractivity contribution in [3.05, 3.63) is 53.1 Å². The van der Waals surface area contributed by atoms with Gasteiger partial charge in [0.25, 0.3) is 5.89 Å². The van der Waals surface area contributed by atoms with Crippen molar-refractivity contribution in [2.75, 3.05) is 13.1 Å². The zero-order chi connectivity index (χ0) is 21.3. The van der Waals surface area contributed by atoms with Gasteiger partial charge in [-0.1, -0.05) is 16.8 Å². The summed E-state index contributed by atoms with van der Waals surface area (Å²) >= 11 is 5.86. The summed E-state index contributed by atoms with van der Waals surface area (Å²) in [5.41, 5.74) is 0.824. The first-order valence-electron chi connectivity index (χ1n) is 9.27. The summed E-state index contributed by atoms with van der Waals surface area (Å²) in [7, 11) is -2.03. The number of nitrogens with zero attached hydrogens (tertiary/aromatic N) is 4. The fourth-order valence-electron chi connectivity index (χ4n) is 3.19. The molecule has 0 unspecified atom stereocenters. The van der Waals surface area contributed by atoms with Gasteiger partial charge in [0.05, 0.1) is 0 Å². The number of hydrogen-bond acceptors (Lipinski definition) is 7. The van der Waals surface area contributed by atoms with Crippen molar-refractivity contribution in [1.29, 1.82) is 0 Å². The fraction of sp³-hybridized carbons (Fsp3) is 0.316. The molecule has 158 valence electrons. The Morgan fingerprint density at radius 1 is 1.23 bits per heavy atom. The Morgan fingerprint density at radius 2 is 1.93 bits per heavy atom. The molecule has 3 heterocycles. The molecule has 1 saturated heterocycles. The minimum Gasteiger partial charge on any atom is -0.451 e. The smallest absolute Gasteiger partial charge is 0.355 e. The van der Waals surface area contributed by atoms with Gasteiger partial charge in [-0.2, -0.15) is 9.29 Å². The lowest BCUT2D eigenvalue weighted by Crippen LogP contribution is -2.27. The van der Waals surface area contributed by atoms with Gasteiger partial charge >= 0.3 is 5.97 Å². The Hall–Kier alpha value is -2.69. The zero-order valence-corrected chi connectivity index (χ0v) is 17.7. The molecule has 1 aromatic carbocycles. The quantitative estimate of drug-likeness (QED) is 0.531. The van der Waals surface area contributed by atoms with Gasteiger partial charge in [-0.3, -0.25) is 0 Å². The molecule has 0 atom stereocenters. The molecular weight excluding hydrogens is 432 g/mol. The van der Waals surface area contributed by atoms with Gasteiger partial charge in [-0.05, 0) is 43.2 Å². The third-order valence-corrected chi connectivity index (χ3v) is 6.90. The van der Waals surface area contributed by atoms with Crippen LogP contribution < -0.4 is 0 Å². The average molecular weight is 451 g/mol. The lowest BCUT2D eigenvalue weighted by atomic mass is 10.2. The van der Waals surface area contributed by atoms with E-state index in [2.05, 4.69) is 10.1 Å². The van der Waals surface area contributed by atoms with Crippen LogP contribution in [0.4, 0.5) is 0 Å². The summed E-state index contributed by atoms with van der Waals surface area (Å²) in [6.07, 6.45) is 3.09.